The molecule has 2 heterocycles. The van der Waals surface area contributed by atoms with Crippen LogP contribution in [0.4, 0.5) is 0 Å². The number of hydrogen-bond donors (Lipinski definition) is 1. The highest BCUT2D eigenvalue weighted by molar-refractivity contribution is 9.09. The average molecular weight is 244 g/mol. The van der Waals surface area contributed by atoms with Crippen LogP contribution in [0.25, 0.3) is 0 Å². The lowest BCUT2D eigenvalue weighted by atomic mass is 10.2. The molecule has 1 aliphatic heterocycles. The van der Waals surface area contributed by atoms with Crippen molar-refractivity contribution in [3.8, 4) is 0 Å². The predicted octanol–water partition coefficient (Wildman–Crippen LogP) is 0.644. The number of alkyl halides is 1. The fourth-order valence-electron chi connectivity index (χ4n) is 1.24. The third-order valence-corrected chi connectivity index (χ3v) is 2.82. The van der Waals surface area contributed by atoms with Crippen LogP contribution >= 0.6 is 15.9 Å². The van der Waals surface area contributed by atoms with E-state index in [0.717, 1.165) is 12.2 Å². The fourth-order valence-corrected chi connectivity index (χ4v) is 1.81. The number of aromatic nitrogens is 2. The van der Waals surface area contributed by atoms with E-state index in [1.165, 1.54) is 0 Å². The molecule has 0 radical (unpaired) electrons. The maximum atomic E-state index is 5.60. The van der Waals surface area contributed by atoms with Gasteiger partial charge in [0, 0.05) is 25.5 Å². The Balaban J connectivity index is 2.23. The fraction of sp³-hybridized carbons (Fsp3) is 0.500. The molecule has 1 saturated heterocycles. The SMILES string of the molecule is BrC1(c2cnccn2)CNCCO1. The molecule has 13 heavy (non-hydrogen) atoms. The molecule has 0 spiro atoms. The lowest BCUT2D eigenvalue weighted by Gasteiger charge is -2.31. The van der Waals surface area contributed by atoms with Crippen molar-refractivity contribution in [3.05, 3.63) is 24.3 Å². The molecule has 1 aromatic rings. The Morgan fingerprint density at radius 3 is 3.08 bits per heavy atom. The zero-order valence-electron chi connectivity index (χ0n) is 7.03. The quantitative estimate of drug-likeness (QED) is 0.736. The topological polar surface area (TPSA) is 47.0 Å². The number of rotatable bonds is 1. The largest absolute Gasteiger partial charge is 0.355 e. The van der Waals surface area contributed by atoms with E-state index >= 15 is 0 Å². The summed E-state index contributed by atoms with van der Waals surface area (Å²) in [5.74, 6) is 0. The lowest BCUT2D eigenvalue weighted by Crippen LogP contribution is -2.43. The second-order valence-electron chi connectivity index (χ2n) is 2.84. The monoisotopic (exact) mass is 243 g/mol. The summed E-state index contributed by atoms with van der Waals surface area (Å²) in [4.78, 5) is 8.20. The molecule has 70 valence electrons. The molecular formula is C8H10BrN3O. The smallest absolute Gasteiger partial charge is 0.178 e. The Labute approximate surface area is 84.9 Å². The summed E-state index contributed by atoms with van der Waals surface area (Å²) in [6.07, 6.45) is 5.02. The maximum absolute atomic E-state index is 5.60. The predicted molar refractivity (Wildman–Crippen MR) is 51.5 cm³/mol. The third-order valence-electron chi connectivity index (χ3n) is 1.91. The van der Waals surface area contributed by atoms with Crippen molar-refractivity contribution in [1.29, 1.82) is 0 Å². The summed E-state index contributed by atoms with van der Waals surface area (Å²) in [6.45, 7) is 2.28. The van der Waals surface area contributed by atoms with Crippen molar-refractivity contribution in [2.45, 2.75) is 4.51 Å². The molecule has 0 aromatic carbocycles. The highest BCUT2D eigenvalue weighted by Crippen LogP contribution is 2.31. The summed E-state index contributed by atoms with van der Waals surface area (Å²) in [5, 5.41) is 3.23. The minimum absolute atomic E-state index is 0.500. The number of halogens is 1. The van der Waals surface area contributed by atoms with E-state index in [0.29, 0.717) is 13.2 Å². The summed E-state index contributed by atoms with van der Waals surface area (Å²) < 4.78 is 5.10. The third kappa shape index (κ3) is 1.87. The van der Waals surface area contributed by atoms with Gasteiger partial charge >= 0.3 is 0 Å². The van der Waals surface area contributed by atoms with Crippen LogP contribution < -0.4 is 5.32 Å². The second-order valence-corrected chi connectivity index (χ2v) is 4.13. The molecule has 0 bridgehead atoms. The van der Waals surface area contributed by atoms with Gasteiger partial charge in [0.05, 0.1) is 12.8 Å². The number of hydrogen-bond acceptors (Lipinski definition) is 4. The summed E-state index contributed by atoms with van der Waals surface area (Å²) in [7, 11) is 0. The van der Waals surface area contributed by atoms with Gasteiger partial charge in [0.1, 0.15) is 5.69 Å². The minimum Gasteiger partial charge on any atom is -0.355 e. The standard InChI is InChI=1S/C8H10BrN3O/c9-8(6-11-3-4-13-8)7-5-10-1-2-12-7/h1-2,5,11H,3-4,6H2. The molecule has 0 amide bonds. The van der Waals surface area contributed by atoms with Crippen LogP contribution in [0.15, 0.2) is 18.6 Å². The lowest BCUT2D eigenvalue weighted by molar-refractivity contribution is 0.00167. The van der Waals surface area contributed by atoms with E-state index in [2.05, 4.69) is 31.2 Å². The van der Waals surface area contributed by atoms with Crippen molar-refractivity contribution < 1.29 is 4.74 Å². The summed E-state index contributed by atoms with van der Waals surface area (Å²) >= 11 is 3.52. The first-order valence-electron chi connectivity index (χ1n) is 4.11. The molecule has 1 atom stereocenters. The molecular weight excluding hydrogens is 234 g/mol. The molecule has 1 fully saturated rings. The van der Waals surface area contributed by atoms with E-state index in [4.69, 9.17) is 4.74 Å². The molecule has 1 aliphatic rings. The van der Waals surface area contributed by atoms with Crippen LogP contribution in [0, 0.1) is 0 Å². The first kappa shape index (κ1) is 9.05. The van der Waals surface area contributed by atoms with Crippen molar-refractivity contribution in [2.24, 2.45) is 0 Å². The van der Waals surface area contributed by atoms with E-state index in [9.17, 15) is 0 Å². The van der Waals surface area contributed by atoms with Crippen LogP contribution in [0.5, 0.6) is 0 Å². The zero-order chi connectivity index (χ0) is 9.15. The Hall–Kier alpha value is -0.520. The first-order chi connectivity index (χ1) is 6.31. The summed E-state index contributed by atoms with van der Waals surface area (Å²) in [5.41, 5.74) is 0.808. The van der Waals surface area contributed by atoms with E-state index in [-0.39, 0.29) is 0 Å². The van der Waals surface area contributed by atoms with Gasteiger partial charge in [-0.25, -0.2) is 0 Å². The van der Waals surface area contributed by atoms with Crippen molar-refractivity contribution >= 4 is 15.9 Å². The van der Waals surface area contributed by atoms with Crippen LogP contribution in [-0.2, 0) is 9.25 Å². The average Bonchev–Trinajstić information content (AvgIpc) is 2.20. The molecule has 1 unspecified atom stereocenters. The van der Waals surface area contributed by atoms with Gasteiger partial charge in [-0.1, -0.05) is 0 Å². The van der Waals surface area contributed by atoms with Gasteiger partial charge < -0.3 is 10.1 Å². The van der Waals surface area contributed by atoms with Crippen molar-refractivity contribution in [1.82, 2.24) is 15.3 Å². The van der Waals surface area contributed by atoms with E-state index in [1.807, 2.05) is 0 Å². The Bertz CT molecular complexity index is 274. The van der Waals surface area contributed by atoms with Crippen LogP contribution in [0.1, 0.15) is 5.69 Å². The molecule has 2 rings (SSSR count). The first-order valence-corrected chi connectivity index (χ1v) is 4.91. The van der Waals surface area contributed by atoms with Crippen LogP contribution in [-0.4, -0.2) is 29.7 Å². The number of ether oxygens (including phenoxy) is 1. The molecule has 1 N–H and O–H groups in total. The van der Waals surface area contributed by atoms with Gasteiger partial charge in [0.15, 0.2) is 4.51 Å². The minimum atomic E-state index is -0.500. The molecule has 1 aromatic heterocycles. The van der Waals surface area contributed by atoms with Gasteiger partial charge in [-0.2, -0.15) is 0 Å². The Morgan fingerprint density at radius 1 is 1.54 bits per heavy atom. The molecule has 4 nitrogen and oxygen atoms in total. The highest BCUT2D eigenvalue weighted by atomic mass is 79.9. The van der Waals surface area contributed by atoms with E-state index in [1.54, 1.807) is 18.6 Å². The van der Waals surface area contributed by atoms with Crippen LogP contribution in [0.2, 0.25) is 0 Å². The van der Waals surface area contributed by atoms with Gasteiger partial charge in [0.2, 0.25) is 0 Å². The molecule has 0 aliphatic carbocycles. The van der Waals surface area contributed by atoms with Gasteiger partial charge in [-0.05, 0) is 15.9 Å². The molecule has 0 saturated carbocycles. The number of nitrogens with one attached hydrogen (secondary N) is 1. The van der Waals surface area contributed by atoms with Gasteiger partial charge in [0.25, 0.3) is 0 Å². The molecule has 5 heteroatoms. The maximum Gasteiger partial charge on any atom is 0.178 e. The van der Waals surface area contributed by atoms with E-state index < -0.39 is 4.51 Å². The number of nitrogens with zero attached hydrogens (tertiary/aromatic N) is 2. The van der Waals surface area contributed by atoms with Crippen molar-refractivity contribution in [2.75, 3.05) is 19.7 Å². The zero-order valence-corrected chi connectivity index (χ0v) is 8.62. The van der Waals surface area contributed by atoms with Crippen LogP contribution in [0.3, 0.4) is 0 Å². The van der Waals surface area contributed by atoms with Gasteiger partial charge in [-0.15, -0.1) is 0 Å². The normalized spacial score (nSPS) is 28.7. The van der Waals surface area contributed by atoms with Crippen molar-refractivity contribution in [3.63, 3.8) is 0 Å². The Morgan fingerprint density at radius 2 is 2.46 bits per heavy atom. The number of morpholine rings is 1. The Kier molecular flexibility index (Phi) is 2.57. The second kappa shape index (κ2) is 3.69. The highest BCUT2D eigenvalue weighted by Gasteiger charge is 2.33. The summed E-state index contributed by atoms with van der Waals surface area (Å²) in [6, 6.07) is 0. The van der Waals surface area contributed by atoms with Gasteiger partial charge in [-0.3, -0.25) is 9.97 Å².